The number of rotatable bonds is 6. The van der Waals surface area contributed by atoms with Crippen molar-refractivity contribution >= 4 is 40.1 Å². The fourth-order valence-corrected chi connectivity index (χ4v) is 3.06. The molecule has 1 aromatic carbocycles. The Labute approximate surface area is 167 Å². The predicted molar refractivity (Wildman–Crippen MR) is 106 cm³/mol. The minimum Gasteiger partial charge on any atom is -0.444 e. The highest BCUT2D eigenvalue weighted by Gasteiger charge is 2.25. The number of hydrogen-bond acceptors (Lipinski definition) is 6. The summed E-state index contributed by atoms with van der Waals surface area (Å²) in [5.74, 6) is -0.456. The maximum Gasteiger partial charge on any atom is 0.408 e. The lowest BCUT2D eigenvalue weighted by atomic mass is 10.2. The second-order valence-corrected chi connectivity index (χ2v) is 7.93. The molecule has 9 heteroatoms. The van der Waals surface area contributed by atoms with Crippen molar-refractivity contribution < 1.29 is 19.1 Å². The molecule has 1 aromatic heterocycles. The topological polar surface area (TPSA) is 89.5 Å². The van der Waals surface area contributed by atoms with Gasteiger partial charge in [-0.3, -0.25) is 4.79 Å². The number of nitrogens with one attached hydrogen (secondary N) is 2. The third-order valence-electron chi connectivity index (χ3n) is 3.22. The van der Waals surface area contributed by atoms with E-state index in [9.17, 15) is 9.59 Å². The summed E-state index contributed by atoms with van der Waals surface area (Å²) >= 11 is 7.43. The Morgan fingerprint density at radius 1 is 1.30 bits per heavy atom. The van der Waals surface area contributed by atoms with Crippen molar-refractivity contribution in [3.8, 4) is 11.3 Å². The smallest absolute Gasteiger partial charge is 0.408 e. The van der Waals surface area contributed by atoms with Crippen LogP contribution in [0.5, 0.6) is 0 Å². The first-order valence-corrected chi connectivity index (χ1v) is 9.45. The second-order valence-electron chi connectivity index (χ2n) is 6.66. The number of ether oxygens (including phenoxy) is 2. The van der Waals surface area contributed by atoms with E-state index < -0.39 is 23.6 Å². The summed E-state index contributed by atoms with van der Waals surface area (Å²) in [6, 6.07) is 6.39. The quantitative estimate of drug-likeness (QED) is 0.751. The van der Waals surface area contributed by atoms with Gasteiger partial charge >= 0.3 is 6.09 Å². The summed E-state index contributed by atoms with van der Waals surface area (Å²) in [6.45, 7) is 5.21. The zero-order chi connectivity index (χ0) is 20.0. The van der Waals surface area contributed by atoms with Crippen LogP contribution in [0.2, 0.25) is 5.02 Å². The highest BCUT2D eigenvalue weighted by molar-refractivity contribution is 7.14. The summed E-state index contributed by atoms with van der Waals surface area (Å²) in [6.07, 6.45) is -0.699. The van der Waals surface area contributed by atoms with E-state index in [0.29, 0.717) is 15.8 Å². The minimum atomic E-state index is -0.919. The SMILES string of the molecule is COC[C@@H](NC(=O)OC(C)(C)C)C(=O)Nc1nc(-c2ccccc2Cl)cs1. The molecule has 0 radical (unpaired) electrons. The standard InChI is InChI=1S/C18H22ClN3O4S/c1-18(2,3)26-17(24)21-13(9-25-4)15(23)22-16-20-14(10-27-16)11-7-5-6-8-12(11)19/h5-8,10,13H,9H2,1-4H3,(H,21,24)(H,20,22,23)/t13-/m1/s1. The summed E-state index contributed by atoms with van der Waals surface area (Å²) in [7, 11) is 1.44. The first-order valence-electron chi connectivity index (χ1n) is 8.19. The Balaban J connectivity index is 2.05. The van der Waals surface area contributed by atoms with Crippen LogP contribution in [0.4, 0.5) is 9.93 Å². The molecule has 2 N–H and O–H groups in total. The monoisotopic (exact) mass is 411 g/mol. The maximum atomic E-state index is 12.5. The van der Waals surface area contributed by atoms with Crippen LogP contribution in [0, 0.1) is 0 Å². The number of hydrogen-bond donors (Lipinski definition) is 2. The molecule has 0 fully saturated rings. The van der Waals surface area contributed by atoms with Gasteiger partial charge in [-0.05, 0) is 26.8 Å². The number of benzene rings is 1. The van der Waals surface area contributed by atoms with E-state index in [2.05, 4.69) is 15.6 Å². The third-order valence-corrected chi connectivity index (χ3v) is 4.31. The average Bonchev–Trinajstić information content (AvgIpc) is 3.01. The fourth-order valence-electron chi connectivity index (χ4n) is 2.12. The van der Waals surface area contributed by atoms with Gasteiger partial charge in [0, 0.05) is 23.1 Å². The van der Waals surface area contributed by atoms with Gasteiger partial charge in [-0.25, -0.2) is 9.78 Å². The molecule has 1 heterocycles. The van der Waals surface area contributed by atoms with Crippen LogP contribution in [0.15, 0.2) is 29.6 Å². The lowest BCUT2D eigenvalue weighted by molar-refractivity contribution is -0.119. The van der Waals surface area contributed by atoms with Crippen LogP contribution in [0.25, 0.3) is 11.3 Å². The molecule has 2 aromatic rings. The maximum absolute atomic E-state index is 12.5. The van der Waals surface area contributed by atoms with Crippen molar-refractivity contribution in [1.82, 2.24) is 10.3 Å². The number of nitrogens with zero attached hydrogens (tertiary/aromatic N) is 1. The van der Waals surface area contributed by atoms with Gasteiger partial charge in [0.25, 0.3) is 5.91 Å². The molecule has 0 aliphatic rings. The molecule has 2 amide bonds. The van der Waals surface area contributed by atoms with Crippen molar-refractivity contribution in [3.05, 3.63) is 34.7 Å². The lowest BCUT2D eigenvalue weighted by Gasteiger charge is -2.22. The summed E-state index contributed by atoms with van der Waals surface area (Å²) < 4.78 is 10.2. The molecule has 0 saturated carbocycles. The molecule has 7 nitrogen and oxygen atoms in total. The van der Waals surface area contributed by atoms with Crippen LogP contribution in [-0.2, 0) is 14.3 Å². The van der Waals surface area contributed by atoms with Crippen LogP contribution < -0.4 is 10.6 Å². The second kappa shape index (κ2) is 9.16. The molecule has 0 spiro atoms. The van der Waals surface area contributed by atoms with Crippen molar-refractivity contribution in [2.75, 3.05) is 19.0 Å². The van der Waals surface area contributed by atoms with Gasteiger partial charge in [0.05, 0.1) is 12.3 Å². The summed E-state index contributed by atoms with van der Waals surface area (Å²) in [4.78, 5) is 28.8. The number of carbonyl (C=O) groups excluding carboxylic acids is 2. The largest absolute Gasteiger partial charge is 0.444 e. The lowest BCUT2D eigenvalue weighted by Crippen LogP contribution is -2.48. The number of methoxy groups -OCH3 is 1. The molecule has 2 rings (SSSR count). The number of carbonyl (C=O) groups is 2. The van der Waals surface area contributed by atoms with Crippen molar-refractivity contribution in [3.63, 3.8) is 0 Å². The van der Waals surface area contributed by atoms with Gasteiger partial charge in [0.2, 0.25) is 0 Å². The molecule has 0 bridgehead atoms. The van der Waals surface area contributed by atoms with E-state index in [4.69, 9.17) is 21.1 Å². The van der Waals surface area contributed by atoms with Crippen molar-refractivity contribution in [2.45, 2.75) is 32.4 Å². The van der Waals surface area contributed by atoms with Gasteiger partial charge in [-0.2, -0.15) is 0 Å². The molecule has 0 saturated heterocycles. The summed E-state index contributed by atoms with van der Waals surface area (Å²) in [5.41, 5.74) is 0.762. The normalized spacial score (nSPS) is 12.3. The number of alkyl carbamates (subject to hydrolysis) is 1. The number of aromatic nitrogens is 1. The molecule has 0 aliphatic carbocycles. The van der Waals surface area contributed by atoms with Gasteiger partial charge in [0.15, 0.2) is 5.13 Å². The Kier molecular flexibility index (Phi) is 7.18. The molecule has 1 atom stereocenters. The van der Waals surface area contributed by atoms with Crippen LogP contribution in [0.1, 0.15) is 20.8 Å². The highest BCUT2D eigenvalue weighted by atomic mass is 35.5. The van der Waals surface area contributed by atoms with E-state index in [1.165, 1.54) is 18.4 Å². The number of thiazole rings is 1. The molecule has 0 unspecified atom stereocenters. The number of anilines is 1. The van der Waals surface area contributed by atoms with Crippen LogP contribution in [0.3, 0.4) is 0 Å². The Hall–Kier alpha value is -2.16. The first kappa shape index (κ1) is 21.1. The van der Waals surface area contributed by atoms with E-state index >= 15 is 0 Å². The van der Waals surface area contributed by atoms with Crippen molar-refractivity contribution in [2.24, 2.45) is 0 Å². The fraction of sp³-hybridized carbons (Fsp3) is 0.389. The van der Waals surface area contributed by atoms with Crippen molar-refractivity contribution in [1.29, 1.82) is 0 Å². The Morgan fingerprint density at radius 3 is 2.63 bits per heavy atom. The number of amides is 2. The summed E-state index contributed by atoms with van der Waals surface area (Å²) in [5, 5.41) is 7.94. The van der Waals surface area contributed by atoms with E-state index in [1.807, 2.05) is 18.2 Å². The van der Waals surface area contributed by atoms with Crippen LogP contribution >= 0.6 is 22.9 Å². The van der Waals surface area contributed by atoms with Crippen LogP contribution in [-0.4, -0.2) is 42.3 Å². The van der Waals surface area contributed by atoms with E-state index in [0.717, 1.165) is 5.56 Å². The van der Waals surface area contributed by atoms with E-state index in [-0.39, 0.29) is 6.61 Å². The Morgan fingerprint density at radius 2 is 2.00 bits per heavy atom. The zero-order valence-electron chi connectivity index (χ0n) is 15.5. The molecule has 146 valence electrons. The molecule has 0 aliphatic heterocycles. The van der Waals surface area contributed by atoms with Gasteiger partial charge in [-0.15, -0.1) is 11.3 Å². The molecule has 27 heavy (non-hydrogen) atoms. The molecular weight excluding hydrogens is 390 g/mol. The highest BCUT2D eigenvalue weighted by Crippen LogP contribution is 2.30. The van der Waals surface area contributed by atoms with Gasteiger partial charge in [0.1, 0.15) is 11.6 Å². The number of halogens is 1. The van der Waals surface area contributed by atoms with E-state index in [1.54, 1.807) is 32.2 Å². The molecular formula is C18H22ClN3O4S. The zero-order valence-corrected chi connectivity index (χ0v) is 17.1. The predicted octanol–water partition coefficient (Wildman–Crippen LogP) is 3.94. The minimum absolute atomic E-state index is 0.00613. The van der Waals surface area contributed by atoms with Gasteiger partial charge < -0.3 is 20.1 Å². The first-order chi connectivity index (χ1) is 12.7. The average molecular weight is 412 g/mol. The van der Waals surface area contributed by atoms with Gasteiger partial charge in [-0.1, -0.05) is 29.8 Å². The third kappa shape index (κ3) is 6.50. The Bertz CT molecular complexity index is 804.